The molecule has 0 aliphatic carbocycles. The van der Waals surface area contributed by atoms with Crippen LogP contribution in [0, 0.1) is 0 Å². The highest BCUT2D eigenvalue weighted by Gasteiger charge is 2.08. The summed E-state index contributed by atoms with van der Waals surface area (Å²) < 4.78 is 12.3. The molecule has 5 aromatic rings. The zero-order chi connectivity index (χ0) is 24.6. The van der Waals surface area contributed by atoms with Gasteiger partial charge >= 0.3 is 0 Å². The molecule has 0 atom stereocenters. The second-order valence-corrected chi connectivity index (χ2v) is 8.58. The summed E-state index contributed by atoms with van der Waals surface area (Å²) in [6.07, 6.45) is 3.48. The van der Waals surface area contributed by atoms with Gasteiger partial charge < -0.3 is 9.47 Å². The summed E-state index contributed by atoms with van der Waals surface area (Å²) in [5.41, 5.74) is 7.80. The zero-order valence-corrected chi connectivity index (χ0v) is 20.2. The molecule has 0 aliphatic rings. The van der Waals surface area contributed by atoms with Crippen molar-refractivity contribution in [1.82, 2.24) is 4.98 Å². The predicted octanol–water partition coefficient (Wildman–Crippen LogP) is 7.49. The molecule has 0 bridgehead atoms. The quantitative estimate of drug-likeness (QED) is 0.171. The van der Waals surface area contributed by atoms with E-state index in [1.807, 2.05) is 103 Å². The number of fused-ring (bicyclic) bond motifs is 1. The fraction of sp³-hybridized carbons (Fsp3) is 0.0667. The first-order valence-electron chi connectivity index (χ1n) is 11.6. The lowest BCUT2D eigenvalue weighted by atomic mass is 10.2. The second-order valence-electron chi connectivity index (χ2n) is 8.14. The molecule has 5 nitrogen and oxygen atoms in total. The van der Waals surface area contributed by atoms with Crippen molar-refractivity contribution in [3.05, 3.63) is 131 Å². The van der Waals surface area contributed by atoms with E-state index in [-0.39, 0.29) is 0 Å². The van der Waals surface area contributed by atoms with Gasteiger partial charge in [0.25, 0.3) is 0 Å². The van der Waals surface area contributed by atoms with E-state index >= 15 is 0 Å². The maximum atomic E-state index is 6.16. The van der Waals surface area contributed by atoms with Crippen LogP contribution >= 0.6 is 11.6 Å². The van der Waals surface area contributed by atoms with Crippen molar-refractivity contribution in [2.45, 2.75) is 13.2 Å². The molecule has 6 heteroatoms. The average Bonchev–Trinajstić information content (AvgIpc) is 2.92. The Kier molecular flexibility index (Phi) is 7.40. The number of halogens is 1. The first-order valence-corrected chi connectivity index (χ1v) is 11.9. The SMILES string of the molecule is Clc1ccc2c(N/N=C\c3ccc(OCc4ccccc4)c(OCc4ccccc4)c3)ccnc2c1. The van der Waals surface area contributed by atoms with Gasteiger partial charge in [0.1, 0.15) is 13.2 Å². The smallest absolute Gasteiger partial charge is 0.162 e. The van der Waals surface area contributed by atoms with E-state index in [4.69, 9.17) is 21.1 Å². The summed E-state index contributed by atoms with van der Waals surface area (Å²) in [7, 11) is 0. The standard InChI is InChI=1S/C30H24ClN3O2/c31-25-12-13-26-27(15-16-32-28(26)18-25)34-33-19-24-11-14-29(35-20-22-7-3-1-4-8-22)30(17-24)36-21-23-9-5-2-6-10-23/h1-19H,20-21H2,(H,32,34)/b33-19-. The number of pyridine rings is 1. The summed E-state index contributed by atoms with van der Waals surface area (Å²) >= 11 is 6.09. The van der Waals surface area contributed by atoms with Crippen molar-refractivity contribution >= 4 is 34.4 Å². The van der Waals surface area contributed by atoms with Crippen molar-refractivity contribution in [2.24, 2.45) is 5.10 Å². The highest BCUT2D eigenvalue weighted by molar-refractivity contribution is 6.31. The van der Waals surface area contributed by atoms with Crippen molar-refractivity contribution in [2.75, 3.05) is 5.43 Å². The summed E-state index contributed by atoms with van der Waals surface area (Å²) in [6, 6.07) is 33.4. The molecule has 0 amide bonds. The molecule has 0 aliphatic heterocycles. The van der Waals surface area contributed by atoms with Crippen LogP contribution in [0.25, 0.3) is 10.9 Å². The minimum atomic E-state index is 0.437. The van der Waals surface area contributed by atoms with E-state index in [2.05, 4.69) is 15.5 Å². The monoisotopic (exact) mass is 493 g/mol. The highest BCUT2D eigenvalue weighted by atomic mass is 35.5. The first-order chi connectivity index (χ1) is 17.7. The van der Waals surface area contributed by atoms with Gasteiger partial charge in [-0.2, -0.15) is 5.10 Å². The Bertz CT molecular complexity index is 1470. The van der Waals surface area contributed by atoms with Gasteiger partial charge in [-0.1, -0.05) is 72.3 Å². The van der Waals surface area contributed by atoms with Gasteiger partial charge in [0.15, 0.2) is 11.5 Å². The first kappa shape index (κ1) is 23.4. The summed E-state index contributed by atoms with van der Waals surface area (Å²) in [5.74, 6) is 1.33. The number of hydrogen-bond acceptors (Lipinski definition) is 5. The highest BCUT2D eigenvalue weighted by Crippen LogP contribution is 2.30. The van der Waals surface area contributed by atoms with Crippen LogP contribution in [-0.4, -0.2) is 11.2 Å². The van der Waals surface area contributed by atoms with Gasteiger partial charge in [-0.3, -0.25) is 10.4 Å². The Morgan fingerprint density at radius 2 is 1.44 bits per heavy atom. The van der Waals surface area contributed by atoms with Gasteiger partial charge in [0, 0.05) is 16.6 Å². The molecule has 4 aromatic carbocycles. The van der Waals surface area contributed by atoms with E-state index in [0.717, 1.165) is 33.3 Å². The fourth-order valence-corrected chi connectivity index (χ4v) is 3.87. The number of ether oxygens (including phenoxy) is 2. The van der Waals surface area contributed by atoms with Gasteiger partial charge in [-0.15, -0.1) is 0 Å². The Morgan fingerprint density at radius 3 is 2.17 bits per heavy atom. The van der Waals surface area contributed by atoms with Crippen LogP contribution in [0.15, 0.2) is 114 Å². The normalized spacial score (nSPS) is 11.0. The molecule has 0 unspecified atom stereocenters. The lowest BCUT2D eigenvalue weighted by Crippen LogP contribution is -2.01. The molecule has 0 radical (unpaired) electrons. The molecule has 0 fully saturated rings. The Morgan fingerprint density at radius 1 is 0.750 bits per heavy atom. The third-order valence-corrected chi connectivity index (χ3v) is 5.78. The third-order valence-electron chi connectivity index (χ3n) is 5.55. The molecule has 1 heterocycles. The van der Waals surface area contributed by atoms with E-state index < -0.39 is 0 Å². The van der Waals surface area contributed by atoms with Crippen molar-refractivity contribution in [1.29, 1.82) is 0 Å². The maximum absolute atomic E-state index is 6.16. The molecule has 5 rings (SSSR count). The van der Waals surface area contributed by atoms with Crippen LogP contribution in [0.3, 0.4) is 0 Å². The number of aromatic nitrogens is 1. The summed E-state index contributed by atoms with van der Waals surface area (Å²) in [6.45, 7) is 0.892. The van der Waals surface area contributed by atoms with Crippen molar-refractivity contribution in [3.63, 3.8) is 0 Å². The van der Waals surface area contributed by atoms with Crippen LogP contribution < -0.4 is 14.9 Å². The number of anilines is 1. The van der Waals surface area contributed by atoms with Crippen LogP contribution in [0.1, 0.15) is 16.7 Å². The zero-order valence-electron chi connectivity index (χ0n) is 19.5. The number of hydrazone groups is 1. The molecular formula is C30H24ClN3O2. The van der Waals surface area contributed by atoms with Gasteiger partial charge in [0.2, 0.25) is 0 Å². The largest absolute Gasteiger partial charge is 0.485 e. The van der Waals surface area contributed by atoms with E-state index in [0.29, 0.717) is 29.7 Å². The average molecular weight is 494 g/mol. The Hall–Kier alpha value is -4.35. The van der Waals surface area contributed by atoms with Crippen LogP contribution in [0.2, 0.25) is 5.02 Å². The van der Waals surface area contributed by atoms with E-state index in [1.165, 1.54) is 0 Å². The van der Waals surface area contributed by atoms with Gasteiger partial charge in [0.05, 0.1) is 17.4 Å². The molecular weight excluding hydrogens is 470 g/mol. The van der Waals surface area contributed by atoms with E-state index in [9.17, 15) is 0 Å². The number of benzene rings is 4. The molecule has 1 N–H and O–H groups in total. The topological polar surface area (TPSA) is 55.7 Å². The molecule has 0 saturated heterocycles. The summed E-state index contributed by atoms with van der Waals surface area (Å²) in [5, 5.41) is 6.02. The van der Waals surface area contributed by atoms with Crippen molar-refractivity contribution in [3.8, 4) is 11.5 Å². The van der Waals surface area contributed by atoms with Gasteiger partial charge in [-0.25, -0.2) is 0 Å². The lowest BCUT2D eigenvalue weighted by Gasteiger charge is -2.14. The predicted molar refractivity (Wildman–Crippen MR) is 146 cm³/mol. The minimum absolute atomic E-state index is 0.437. The fourth-order valence-electron chi connectivity index (χ4n) is 3.70. The van der Waals surface area contributed by atoms with Crippen LogP contribution in [-0.2, 0) is 13.2 Å². The Labute approximate surface area is 215 Å². The van der Waals surface area contributed by atoms with Crippen LogP contribution in [0.4, 0.5) is 5.69 Å². The lowest BCUT2D eigenvalue weighted by molar-refractivity contribution is 0.256. The minimum Gasteiger partial charge on any atom is -0.485 e. The molecule has 178 valence electrons. The second kappa shape index (κ2) is 11.4. The maximum Gasteiger partial charge on any atom is 0.162 e. The number of nitrogens with zero attached hydrogens (tertiary/aromatic N) is 2. The number of hydrogen-bond donors (Lipinski definition) is 1. The molecule has 0 spiro atoms. The van der Waals surface area contributed by atoms with Gasteiger partial charge in [-0.05, 0) is 59.2 Å². The third kappa shape index (κ3) is 6.01. The van der Waals surface area contributed by atoms with Crippen LogP contribution in [0.5, 0.6) is 11.5 Å². The number of nitrogens with one attached hydrogen (secondary N) is 1. The number of rotatable bonds is 9. The molecule has 0 saturated carbocycles. The molecule has 36 heavy (non-hydrogen) atoms. The van der Waals surface area contributed by atoms with E-state index in [1.54, 1.807) is 12.4 Å². The Balaban J connectivity index is 1.34. The molecule has 1 aromatic heterocycles. The summed E-state index contributed by atoms with van der Waals surface area (Å²) in [4.78, 5) is 4.37. The van der Waals surface area contributed by atoms with Crippen molar-refractivity contribution < 1.29 is 9.47 Å².